The number of ether oxygens (including phenoxy) is 1. The van der Waals surface area contributed by atoms with Gasteiger partial charge in [0.25, 0.3) is 0 Å². The molecule has 1 fully saturated rings. The van der Waals surface area contributed by atoms with E-state index in [1.54, 1.807) is 0 Å². The Kier molecular flexibility index (Phi) is 3.48. The molecule has 0 spiro atoms. The van der Waals surface area contributed by atoms with Gasteiger partial charge in [-0.2, -0.15) is 4.98 Å². The molecule has 0 aliphatic carbocycles. The Bertz CT molecular complexity index is 245. The molecular weight excluding hydrogens is 182 g/mol. The molecule has 0 bridgehead atoms. The lowest BCUT2D eigenvalue weighted by Gasteiger charge is -2.22. The van der Waals surface area contributed by atoms with Gasteiger partial charge in [0.1, 0.15) is 0 Å². The average Bonchev–Trinajstić information content (AvgIpc) is 2.72. The van der Waals surface area contributed by atoms with Crippen LogP contribution in [0.3, 0.4) is 0 Å². The van der Waals surface area contributed by atoms with E-state index in [1.165, 1.54) is 12.7 Å². The molecule has 2 heterocycles. The van der Waals surface area contributed by atoms with Crippen LogP contribution >= 0.6 is 0 Å². The normalized spacial score (nSPS) is 22.4. The SMILES string of the molecule is c1noc(CCNC2CCCOC2)n1. The van der Waals surface area contributed by atoms with E-state index in [2.05, 4.69) is 15.5 Å². The fraction of sp³-hybridized carbons (Fsp3) is 0.778. The van der Waals surface area contributed by atoms with E-state index in [9.17, 15) is 0 Å². The Hall–Kier alpha value is -0.940. The highest BCUT2D eigenvalue weighted by Gasteiger charge is 2.12. The van der Waals surface area contributed by atoms with E-state index in [1.807, 2.05) is 0 Å². The van der Waals surface area contributed by atoms with Crippen LogP contribution in [0.1, 0.15) is 18.7 Å². The van der Waals surface area contributed by atoms with Crippen molar-refractivity contribution in [2.24, 2.45) is 0 Å². The highest BCUT2D eigenvalue weighted by atomic mass is 16.5. The van der Waals surface area contributed by atoms with Crippen LogP contribution in [0.5, 0.6) is 0 Å². The molecule has 0 radical (unpaired) electrons. The molecule has 1 aliphatic heterocycles. The molecule has 1 N–H and O–H groups in total. The average molecular weight is 197 g/mol. The van der Waals surface area contributed by atoms with Gasteiger partial charge in [-0.3, -0.25) is 0 Å². The largest absolute Gasteiger partial charge is 0.380 e. The van der Waals surface area contributed by atoms with Crippen LogP contribution in [-0.2, 0) is 11.2 Å². The minimum Gasteiger partial charge on any atom is -0.380 e. The molecule has 14 heavy (non-hydrogen) atoms. The predicted molar refractivity (Wildman–Crippen MR) is 49.8 cm³/mol. The third kappa shape index (κ3) is 2.78. The molecule has 1 atom stereocenters. The minimum atomic E-state index is 0.492. The van der Waals surface area contributed by atoms with Crippen LogP contribution in [0, 0.1) is 0 Å². The Labute approximate surface area is 82.8 Å². The highest BCUT2D eigenvalue weighted by Crippen LogP contribution is 2.05. The molecule has 1 aromatic heterocycles. The Morgan fingerprint density at radius 3 is 3.29 bits per heavy atom. The molecule has 0 saturated carbocycles. The fourth-order valence-electron chi connectivity index (χ4n) is 1.59. The first-order valence-electron chi connectivity index (χ1n) is 5.02. The lowest BCUT2D eigenvalue weighted by atomic mass is 10.1. The fourth-order valence-corrected chi connectivity index (χ4v) is 1.59. The van der Waals surface area contributed by atoms with Crippen molar-refractivity contribution in [1.82, 2.24) is 15.5 Å². The lowest BCUT2D eigenvalue weighted by molar-refractivity contribution is 0.0705. The molecule has 0 aromatic carbocycles. The second-order valence-electron chi connectivity index (χ2n) is 3.45. The monoisotopic (exact) mass is 197 g/mol. The molecule has 78 valence electrons. The summed E-state index contributed by atoms with van der Waals surface area (Å²) < 4.78 is 10.2. The first-order chi connectivity index (χ1) is 6.95. The van der Waals surface area contributed by atoms with Crippen LogP contribution in [0.15, 0.2) is 10.9 Å². The summed E-state index contributed by atoms with van der Waals surface area (Å²) in [5.74, 6) is 0.689. The third-order valence-corrected chi connectivity index (χ3v) is 2.34. The van der Waals surface area contributed by atoms with Crippen molar-refractivity contribution < 1.29 is 9.26 Å². The number of nitrogens with one attached hydrogen (secondary N) is 1. The quantitative estimate of drug-likeness (QED) is 0.756. The van der Waals surface area contributed by atoms with Gasteiger partial charge in [0, 0.05) is 25.6 Å². The number of hydrogen-bond donors (Lipinski definition) is 1. The summed E-state index contributed by atoms with van der Waals surface area (Å²) in [4.78, 5) is 3.95. The number of rotatable bonds is 4. The molecule has 2 rings (SSSR count). The zero-order chi connectivity index (χ0) is 9.64. The van der Waals surface area contributed by atoms with Gasteiger partial charge in [0.15, 0.2) is 6.33 Å². The second-order valence-corrected chi connectivity index (χ2v) is 3.45. The summed E-state index contributed by atoms with van der Waals surface area (Å²) in [6.07, 6.45) is 4.57. The molecule has 5 heteroatoms. The van der Waals surface area contributed by atoms with Crippen molar-refractivity contribution in [3.8, 4) is 0 Å². The van der Waals surface area contributed by atoms with E-state index < -0.39 is 0 Å². The molecule has 1 aliphatic rings. The molecule has 5 nitrogen and oxygen atoms in total. The second kappa shape index (κ2) is 5.07. The van der Waals surface area contributed by atoms with Crippen LogP contribution in [0.4, 0.5) is 0 Å². The molecule has 0 amide bonds. The topological polar surface area (TPSA) is 60.2 Å². The highest BCUT2D eigenvalue weighted by molar-refractivity contribution is 4.77. The van der Waals surface area contributed by atoms with E-state index in [0.29, 0.717) is 11.9 Å². The van der Waals surface area contributed by atoms with Crippen molar-refractivity contribution in [3.05, 3.63) is 12.2 Å². The van der Waals surface area contributed by atoms with Gasteiger partial charge in [0.2, 0.25) is 5.89 Å². The van der Waals surface area contributed by atoms with E-state index >= 15 is 0 Å². The van der Waals surface area contributed by atoms with Crippen LogP contribution < -0.4 is 5.32 Å². The number of hydrogen-bond acceptors (Lipinski definition) is 5. The summed E-state index contributed by atoms with van der Waals surface area (Å²) in [7, 11) is 0. The van der Waals surface area contributed by atoms with Gasteiger partial charge in [-0.25, -0.2) is 0 Å². The predicted octanol–water partition coefficient (Wildman–Crippen LogP) is 0.381. The van der Waals surface area contributed by atoms with Crippen LogP contribution in [0.25, 0.3) is 0 Å². The maximum atomic E-state index is 5.36. The molecule has 1 aromatic rings. The van der Waals surface area contributed by atoms with Gasteiger partial charge in [0.05, 0.1) is 6.61 Å². The minimum absolute atomic E-state index is 0.492. The Morgan fingerprint density at radius 2 is 2.57 bits per heavy atom. The van der Waals surface area contributed by atoms with Gasteiger partial charge < -0.3 is 14.6 Å². The summed E-state index contributed by atoms with van der Waals surface area (Å²) in [6.45, 7) is 2.60. The summed E-state index contributed by atoms with van der Waals surface area (Å²) >= 11 is 0. The van der Waals surface area contributed by atoms with Crippen molar-refractivity contribution in [1.29, 1.82) is 0 Å². The first-order valence-corrected chi connectivity index (χ1v) is 5.02. The van der Waals surface area contributed by atoms with Crippen molar-refractivity contribution >= 4 is 0 Å². The zero-order valence-electron chi connectivity index (χ0n) is 8.11. The molecular formula is C9H15N3O2. The summed E-state index contributed by atoms with van der Waals surface area (Å²) in [5.41, 5.74) is 0. The van der Waals surface area contributed by atoms with Gasteiger partial charge in [-0.1, -0.05) is 5.16 Å². The van der Waals surface area contributed by atoms with Crippen molar-refractivity contribution in [2.75, 3.05) is 19.8 Å². The van der Waals surface area contributed by atoms with Crippen molar-refractivity contribution in [3.63, 3.8) is 0 Å². The van der Waals surface area contributed by atoms with Gasteiger partial charge in [-0.05, 0) is 12.8 Å². The summed E-state index contributed by atoms with van der Waals surface area (Å²) in [6, 6.07) is 0.492. The number of aromatic nitrogens is 2. The summed E-state index contributed by atoms with van der Waals surface area (Å²) in [5, 5.41) is 6.96. The van der Waals surface area contributed by atoms with E-state index in [0.717, 1.165) is 32.6 Å². The third-order valence-electron chi connectivity index (χ3n) is 2.34. The first kappa shape index (κ1) is 9.61. The Morgan fingerprint density at radius 1 is 1.57 bits per heavy atom. The van der Waals surface area contributed by atoms with E-state index in [-0.39, 0.29) is 0 Å². The standard InChI is InChI=1S/C9H15N3O2/c1-2-8(6-13-5-1)10-4-3-9-11-7-12-14-9/h7-8,10H,1-6H2. The zero-order valence-corrected chi connectivity index (χ0v) is 8.11. The maximum Gasteiger partial charge on any atom is 0.227 e. The van der Waals surface area contributed by atoms with Crippen molar-refractivity contribution in [2.45, 2.75) is 25.3 Å². The van der Waals surface area contributed by atoms with E-state index in [4.69, 9.17) is 9.26 Å². The lowest BCUT2D eigenvalue weighted by Crippen LogP contribution is -2.37. The molecule has 1 unspecified atom stereocenters. The van der Waals surface area contributed by atoms with Crippen LogP contribution in [0.2, 0.25) is 0 Å². The van der Waals surface area contributed by atoms with Crippen LogP contribution in [-0.4, -0.2) is 35.9 Å². The number of nitrogens with zero attached hydrogens (tertiary/aromatic N) is 2. The Balaban J connectivity index is 1.62. The molecule has 1 saturated heterocycles. The van der Waals surface area contributed by atoms with Gasteiger partial charge >= 0.3 is 0 Å². The smallest absolute Gasteiger partial charge is 0.227 e. The maximum absolute atomic E-state index is 5.36. The van der Waals surface area contributed by atoms with Gasteiger partial charge in [-0.15, -0.1) is 0 Å².